The Labute approximate surface area is 165 Å². The molecule has 1 unspecified atom stereocenters. The molecule has 2 rings (SSSR count). The van der Waals surface area contributed by atoms with E-state index < -0.39 is 5.60 Å². The summed E-state index contributed by atoms with van der Waals surface area (Å²) >= 11 is 0. The van der Waals surface area contributed by atoms with Crippen molar-refractivity contribution in [3.63, 3.8) is 0 Å². The lowest BCUT2D eigenvalue weighted by Gasteiger charge is -2.32. The maximum atomic E-state index is 11.9. The van der Waals surface area contributed by atoms with Crippen molar-refractivity contribution >= 4 is 11.5 Å². The molecular weight excluding hydrogens is 332 g/mol. The van der Waals surface area contributed by atoms with Crippen molar-refractivity contribution < 1.29 is 9.53 Å². The molecule has 1 aromatic rings. The highest BCUT2D eigenvalue weighted by Crippen LogP contribution is 2.34. The highest BCUT2D eigenvalue weighted by atomic mass is 16.6. The molecule has 0 heterocycles. The van der Waals surface area contributed by atoms with Crippen molar-refractivity contribution in [2.45, 2.75) is 76.7 Å². The van der Waals surface area contributed by atoms with E-state index in [1.165, 1.54) is 62.2 Å². The predicted octanol–water partition coefficient (Wildman–Crippen LogP) is 7.03. The number of unbranched alkanes of at least 4 members (excludes halogenated alkanes) is 7. The summed E-state index contributed by atoms with van der Waals surface area (Å²) in [6, 6.07) is 10.3. The van der Waals surface area contributed by atoms with Gasteiger partial charge in [-0.05, 0) is 30.1 Å². The number of hydrogen-bond donors (Lipinski definition) is 0. The summed E-state index contributed by atoms with van der Waals surface area (Å²) in [5, 5.41) is 0. The molecule has 0 spiro atoms. The average molecular weight is 367 g/mol. The normalized spacial score (nSPS) is 18.8. The Hall–Kier alpha value is -2.09. The van der Waals surface area contributed by atoms with Crippen molar-refractivity contribution in [2.24, 2.45) is 0 Å². The summed E-state index contributed by atoms with van der Waals surface area (Å²) in [7, 11) is 0. The molecule has 2 nitrogen and oxygen atoms in total. The van der Waals surface area contributed by atoms with Crippen LogP contribution < -0.4 is 0 Å². The third-order valence-corrected chi connectivity index (χ3v) is 5.27. The maximum Gasteiger partial charge on any atom is 0.331 e. The number of esters is 1. The van der Waals surface area contributed by atoms with Crippen LogP contribution >= 0.6 is 0 Å². The first-order chi connectivity index (χ1) is 13.2. The quantitative estimate of drug-likeness (QED) is 0.225. The van der Waals surface area contributed by atoms with Crippen LogP contribution in [0, 0.1) is 0 Å². The fourth-order valence-electron chi connectivity index (χ4n) is 3.62. The van der Waals surface area contributed by atoms with Gasteiger partial charge in [0.2, 0.25) is 0 Å². The van der Waals surface area contributed by atoms with Crippen LogP contribution in [0.3, 0.4) is 0 Å². The average Bonchev–Trinajstić information content (AvgIpc) is 2.71. The highest BCUT2D eigenvalue weighted by molar-refractivity contribution is 5.82. The standard InChI is InChI=1S/C25H34O2/c1-3-5-6-7-8-9-10-14-19-25(27-24(26)4-2)20-17-23(18-21-25)22-15-12-11-13-16-22/h4,11-13,15-18,20H,2-3,5-10,14,19,21H2,1H3. The van der Waals surface area contributed by atoms with Gasteiger partial charge in [0.1, 0.15) is 5.60 Å². The molecule has 1 atom stereocenters. The Kier molecular flexibility index (Phi) is 9.10. The molecule has 0 radical (unpaired) electrons. The molecule has 0 saturated heterocycles. The Balaban J connectivity index is 1.87. The zero-order chi connectivity index (χ0) is 19.4. The molecule has 0 N–H and O–H groups in total. The summed E-state index contributed by atoms with van der Waals surface area (Å²) < 4.78 is 5.78. The van der Waals surface area contributed by atoms with Crippen LogP contribution in [0.2, 0.25) is 0 Å². The molecule has 0 fully saturated rings. The number of ether oxygens (including phenoxy) is 1. The summed E-state index contributed by atoms with van der Waals surface area (Å²) in [6.07, 6.45) is 19.4. The molecule has 2 heteroatoms. The number of carbonyl (C=O) groups excluding carboxylic acids is 1. The van der Waals surface area contributed by atoms with Gasteiger partial charge in [-0.2, -0.15) is 0 Å². The Morgan fingerprint density at radius 2 is 1.74 bits per heavy atom. The number of benzene rings is 1. The summed E-state index contributed by atoms with van der Waals surface area (Å²) in [5.41, 5.74) is 1.87. The van der Waals surface area contributed by atoms with Crippen molar-refractivity contribution in [3.8, 4) is 0 Å². The molecule has 0 saturated carbocycles. The third-order valence-electron chi connectivity index (χ3n) is 5.27. The van der Waals surface area contributed by atoms with Crippen molar-refractivity contribution in [3.05, 3.63) is 66.8 Å². The van der Waals surface area contributed by atoms with Crippen molar-refractivity contribution in [1.29, 1.82) is 0 Å². The monoisotopic (exact) mass is 366 g/mol. The summed E-state index contributed by atoms with van der Waals surface area (Å²) in [6.45, 7) is 5.80. The van der Waals surface area contributed by atoms with Gasteiger partial charge in [-0.1, -0.05) is 101 Å². The van der Waals surface area contributed by atoms with Crippen LogP contribution in [0.25, 0.3) is 5.57 Å². The van der Waals surface area contributed by atoms with Crippen LogP contribution in [0.15, 0.2) is 61.2 Å². The van der Waals surface area contributed by atoms with Crippen LogP contribution in [0.5, 0.6) is 0 Å². The molecule has 146 valence electrons. The van der Waals surface area contributed by atoms with Gasteiger partial charge in [0.15, 0.2) is 0 Å². The first-order valence-electron chi connectivity index (χ1n) is 10.5. The molecule has 0 aliphatic heterocycles. The van der Waals surface area contributed by atoms with E-state index in [9.17, 15) is 4.79 Å². The number of carbonyl (C=O) groups is 1. The number of allylic oxidation sites excluding steroid dienone is 2. The first kappa shape index (κ1) is 21.2. The Morgan fingerprint density at radius 3 is 2.33 bits per heavy atom. The molecular formula is C25H34O2. The summed E-state index contributed by atoms with van der Waals surface area (Å²) in [4.78, 5) is 11.9. The lowest BCUT2D eigenvalue weighted by Crippen LogP contribution is -2.33. The van der Waals surface area contributed by atoms with Gasteiger partial charge in [0.05, 0.1) is 0 Å². The smallest absolute Gasteiger partial charge is 0.331 e. The van der Waals surface area contributed by atoms with Crippen molar-refractivity contribution in [1.82, 2.24) is 0 Å². The van der Waals surface area contributed by atoms with E-state index >= 15 is 0 Å². The fourth-order valence-corrected chi connectivity index (χ4v) is 3.62. The molecule has 0 aromatic heterocycles. The van der Waals surface area contributed by atoms with E-state index in [1.807, 2.05) is 18.2 Å². The first-order valence-corrected chi connectivity index (χ1v) is 10.5. The van der Waals surface area contributed by atoms with E-state index in [0.29, 0.717) is 0 Å². The maximum absolute atomic E-state index is 11.9. The molecule has 1 aromatic carbocycles. The van der Waals surface area contributed by atoms with Crippen LogP contribution in [0.4, 0.5) is 0 Å². The van der Waals surface area contributed by atoms with Gasteiger partial charge in [0, 0.05) is 12.5 Å². The lowest BCUT2D eigenvalue weighted by molar-refractivity contribution is -0.149. The molecule has 0 amide bonds. The van der Waals surface area contributed by atoms with Crippen molar-refractivity contribution in [2.75, 3.05) is 0 Å². The highest BCUT2D eigenvalue weighted by Gasteiger charge is 2.31. The second kappa shape index (κ2) is 11.6. The van der Waals surface area contributed by atoms with Gasteiger partial charge >= 0.3 is 5.97 Å². The zero-order valence-electron chi connectivity index (χ0n) is 16.8. The summed E-state index contributed by atoms with van der Waals surface area (Å²) in [5.74, 6) is -0.337. The third kappa shape index (κ3) is 7.21. The molecule has 1 aliphatic rings. The molecule has 27 heavy (non-hydrogen) atoms. The van der Waals surface area contributed by atoms with E-state index in [4.69, 9.17) is 4.74 Å². The van der Waals surface area contributed by atoms with Gasteiger partial charge in [-0.25, -0.2) is 4.79 Å². The minimum Gasteiger partial charge on any atom is -0.451 e. The van der Waals surface area contributed by atoms with Gasteiger partial charge in [0.25, 0.3) is 0 Å². The van der Waals surface area contributed by atoms with Crippen LogP contribution in [-0.2, 0) is 9.53 Å². The second-order valence-corrected chi connectivity index (χ2v) is 7.48. The van der Waals surface area contributed by atoms with Gasteiger partial charge < -0.3 is 4.74 Å². The van der Waals surface area contributed by atoms with Crippen LogP contribution in [-0.4, -0.2) is 11.6 Å². The van der Waals surface area contributed by atoms with E-state index in [1.54, 1.807) is 0 Å². The Bertz CT molecular complexity index is 642. The van der Waals surface area contributed by atoms with E-state index in [2.05, 4.69) is 43.9 Å². The lowest BCUT2D eigenvalue weighted by atomic mass is 9.85. The Morgan fingerprint density at radius 1 is 1.07 bits per heavy atom. The largest absolute Gasteiger partial charge is 0.451 e. The number of hydrogen-bond acceptors (Lipinski definition) is 2. The van der Waals surface area contributed by atoms with Gasteiger partial charge in [-0.3, -0.25) is 0 Å². The fraction of sp³-hybridized carbons (Fsp3) is 0.480. The zero-order valence-corrected chi connectivity index (χ0v) is 16.8. The SMILES string of the molecule is C=CC(=O)OC1(CCCCCCCCCC)C=CC(c2ccccc2)=CC1. The molecule has 0 bridgehead atoms. The number of rotatable bonds is 12. The topological polar surface area (TPSA) is 26.3 Å². The predicted molar refractivity (Wildman–Crippen MR) is 114 cm³/mol. The van der Waals surface area contributed by atoms with Crippen LogP contribution in [0.1, 0.15) is 76.7 Å². The second-order valence-electron chi connectivity index (χ2n) is 7.48. The molecule has 1 aliphatic carbocycles. The minimum absolute atomic E-state index is 0.337. The van der Waals surface area contributed by atoms with Gasteiger partial charge in [-0.15, -0.1) is 0 Å². The van der Waals surface area contributed by atoms with E-state index in [0.717, 1.165) is 19.3 Å². The van der Waals surface area contributed by atoms with E-state index in [-0.39, 0.29) is 5.97 Å². The minimum atomic E-state index is -0.522.